The maximum Gasteiger partial charge on any atom is 0.341 e. The molecule has 704 valence electrons. The van der Waals surface area contributed by atoms with Gasteiger partial charge in [-0.25, -0.2) is 4.79 Å². The van der Waals surface area contributed by atoms with Crippen LogP contribution in [0.25, 0.3) is 0 Å². The molecular weight excluding hydrogens is 1520 g/mol. The first-order valence-corrected chi connectivity index (χ1v) is 42.1. The van der Waals surface area contributed by atoms with Crippen LogP contribution >= 0.6 is 0 Å². The average molecular weight is 1710 g/mol. The molecule has 7 N–H and O–H groups in total. The summed E-state index contributed by atoms with van der Waals surface area (Å²) in [5.74, 6) is 7.40. The molecule has 0 radical (unpaired) electrons. The number of carboxylic acid groups (broad SMARTS) is 2. The second-order valence-electron chi connectivity index (χ2n) is 34.3. The van der Waals surface area contributed by atoms with Crippen molar-refractivity contribution in [2.75, 3.05) is 33.5 Å². The molecule has 0 spiro atoms. The minimum absolute atomic E-state index is 0. The highest BCUT2D eigenvalue weighted by Crippen LogP contribution is 2.38. The summed E-state index contributed by atoms with van der Waals surface area (Å²) in [6, 6.07) is 30.4. The Morgan fingerprint density at radius 3 is 0.810 bits per heavy atom. The Morgan fingerprint density at radius 2 is 0.595 bits per heavy atom. The highest BCUT2D eigenvalue weighted by atomic mass is 16.5. The Bertz CT molecular complexity index is 3620. The molecule has 19 heteroatoms. The second-order valence-corrected chi connectivity index (χ2v) is 34.3. The van der Waals surface area contributed by atoms with Gasteiger partial charge in [-0.3, -0.25) is 28.8 Å². The number of β-lactam (4-membered cyclic amide) rings is 2. The van der Waals surface area contributed by atoms with E-state index in [0.29, 0.717) is 88.9 Å². The number of likely N-dealkylation sites (tertiary alicyclic amines) is 2. The summed E-state index contributed by atoms with van der Waals surface area (Å²) in [5, 5.41) is 25.7. The van der Waals surface area contributed by atoms with Crippen LogP contribution in [0.15, 0.2) is 91.0 Å². The zero-order valence-electron chi connectivity index (χ0n) is 77.8. The van der Waals surface area contributed by atoms with Gasteiger partial charge in [0.05, 0.1) is 12.0 Å². The van der Waals surface area contributed by atoms with Crippen molar-refractivity contribution in [1.29, 1.82) is 0 Å². The van der Waals surface area contributed by atoms with Crippen LogP contribution in [-0.2, 0) is 38.4 Å². The molecule has 2 heterocycles. The lowest BCUT2D eigenvalue weighted by Gasteiger charge is -2.51. The van der Waals surface area contributed by atoms with Crippen LogP contribution in [0.2, 0.25) is 0 Å². The summed E-state index contributed by atoms with van der Waals surface area (Å²) < 4.78 is 21.9. The molecule has 2 aliphatic heterocycles. The molecule has 5 aromatic rings. The van der Waals surface area contributed by atoms with Gasteiger partial charge in [0.25, 0.3) is 0 Å². The molecule has 19 nitrogen and oxygen atoms in total. The largest absolute Gasteiger partial charge is 0.508 e. The first kappa shape index (κ1) is 126. The molecule has 7 rings (SSSR count). The Morgan fingerprint density at radius 1 is 0.355 bits per heavy atom. The Balaban J connectivity index is -0.000000121. The maximum absolute atomic E-state index is 12.5. The zero-order chi connectivity index (χ0) is 90.2. The number of amides is 2. The molecule has 4 atom stereocenters. The fourth-order valence-corrected chi connectivity index (χ4v) is 13.3. The molecule has 2 aliphatic rings. The molecule has 0 saturated carbocycles. The number of phenolic OH excluding ortho intramolecular Hbond substituents is 1. The van der Waals surface area contributed by atoms with Crippen molar-refractivity contribution >= 4 is 46.9 Å². The highest BCUT2D eigenvalue weighted by molar-refractivity contribution is 5.92. The van der Waals surface area contributed by atoms with E-state index in [2.05, 4.69) is 208 Å². The van der Waals surface area contributed by atoms with E-state index in [1.807, 2.05) is 92.9 Å². The topological polar surface area (TPSA) is 293 Å². The molecule has 0 bridgehead atoms. The van der Waals surface area contributed by atoms with E-state index in [1.54, 1.807) is 19.9 Å². The molecular formula is C102H186N4O15. The number of benzene rings is 5. The maximum atomic E-state index is 12.5. The third-order valence-corrected chi connectivity index (χ3v) is 19.4. The standard InChI is InChI=1S/C24H37NO3.2C15H22O2.C14H20O3.C12H18O.C9H18N2O.C4H8O.C3H6O2.CH5N.5CH4.5H2/c1-14(2)20-10-9-19(12-21(20)15(3)4)28-13-18(26)11-22-23(16(5)6)25(17(7)8)24(22)27;2*1-10(2)14-7-6-13(17-9-12(5)16)8-15(14)11(3)4;1-9(2)12-6-5-11(17-8-14(15)16)7-13(12)10(3)4;1-8(2)11-6-5-10(13)7-12(11)9(3)4;1-5(2)8-7(10)9(12)11(8)6(3)4;1-3-4(2)5;1-2-3(4)5;1-2;;;;;;;;;;/h9-10,12,14-17,22-23H,11,13H2,1-8H3;2*6-8,10-11H,9H2,1-5H3;5-7,9-10H,8H2,1-4H3,(H,15,16);5-9,13H,1-4H3;5-8H,10H2,1-4H3;3H2,1-2H3;2H2,1H3,(H,4,5);2H2,1H3;5*1H4;5*1H/i;;;;;;;;;;;;;;5*1+1. The van der Waals surface area contributed by atoms with Gasteiger partial charge in [0.15, 0.2) is 24.0 Å². The molecule has 4 unspecified atom stereocenters. The first-order valence-electron chi connectivity index (χ1n) is 42.1. The fourth-order valence-electron chi connectivity index (χ4n) is 13.3. The van der Waals surface area contributed by atoms with Gasteiger partial charge in [-0.1, -0.05) is 247 Å². The number of nitrogens with zero attached hydrogens (tertiary/aromatic N) is 2. The van der Waals surface area contributed by atoms with Gasteiger partial charge in [0.2, 0.25) is 11.8 Å². The lowest BCUT2D eigenvalue weighted by molar-refractivity contribution is -0.165. The normalized spacial score (nSPS) is 14.0. The summed E-state index contributed by atoms with van der Waals surface area (Å²) >= 11 is 0. The fraction of sp³-hybridized carbons (Fsp3) is 0.627. The van der Waals surface area contributed by atoms with E-state index < -0.39 is 11.9 Å². The van der Waals surface area contributed by atoms with Crippen LogP contribution in [-0.4, -0.2) is 136 Å². The molecule has 0 aliphatic carbocycles. The van der Waals surface area contributed by atoms with Crippen molar-refractivity contribution in [2.24, 2.45) is 29.2 Å². The third-order valence-electron chi connectivity index (χ3n) is 19.4. The van der Waals surface area contributed by atoms with E-state index in [4.69, 9.17) is 34.9 Å². The van der Waals surface area contributed by atoms with Crippen molar-refractivity contribution in [1.82, 2.24) is 9.80 Å². The van der Waals surface area contributed by atoms with E-state index >= 15 is 0 Å². The van der Waals surface area contributed by atoms with Crippen LogP contribution in [0.4, 0.5) is 0 Å². The molecule has 2 saturated heterocycles. The van der Waals surface area contributed by atoms with Crippen LogP contribution in [0.1, 0.15) is 407 Å². The minimum Gasteiger partial charge on any atom is -0.508 e. The SMILES string of the molecule is C.C.C.C.C.CC(=O)COc1ccc(C(C)C)c(C(C)C)c1.CC(=O)COc1ccc(C(C)C)c(C(C)C)c1.CC(C)C1C(N)C(=O)N1C(C)C.CC(C)c1ccc(O)cc1C(C)C.CC(C)c1ccc(OCC(=O)CC2C(=O)N(C(C)C)C2C(C)C)cc1C(C)C.CC(C)c1ccc(OCC(=O)O)cc1C(C)C.CCC(=O)O.CCC(C)=O.CN.[2HH].[2HH].[2HH].[2HH].[2HH]. The van der Waals surface area contributed by atoms with E-state index in [0.717, 1.165) is 17.2 Å². The van der Waals surface area contributed by atoms with Gasteiger partial charge in [0, 0.05) is 44.5 Å². The predicted octanol–water partition coefficient (Wildman–Crippen LogP) is 26.0. The number of ether oxygens (including phenoxy) is 4. The minimum atomic E-state index is -0.955. The number of nitrogens with two attached hydrogens (primary N) is 2. The van der Waals surface area contributed by atoms with E-state index in [1.165, 1.54) is 76.5 Å². The highest BCUT2D eigenvalue weighted by Gasteiger charge is 2.50. The first-order chi connectivity index (χ1) is 53.8. The predicted molar refractivity (Wildman–Crippen MR) is 521 cm³/mol. The number of aliphatic carboxylic acids is 2. The number of carbonyl (C=O) groups is 8. The molecule has 2 amide bonds. The lowest BCUT2D eigenvalue weighted by atomic mass is 9.76. The van der Waals surface area contributed by atoms with Crippen molar-refractivity contribution in [3.8, 4) is 28.7 Å². The monoisotopic (exact) mass is 1710 g/mol. The van der Waals surface area contributed by atoms with E-state index in [-0.39, 0.29) is 155 Å². The van der Waals surface area contributed by atoms with Crippen LogP contribution < -0.4 is 30.4 Å². The Labute approximate surface area is 745 Å². The number of Topliss-reactive ketones (excluding diaryl/α,β-unsaturated/α-hetero) is 4. The Kier molecular flexibility index (Phi) is 66.0. The number of carboxylic acids is 2. The Hall–Kier alpha value is -8.42. The molecule has 0 aromatic heterocycles. The summed E-state index contributed by atoms with van der Waals surface area (Å²) in [6.07, 6.45) is 1.16. The number of rotatable bonds is 30. The van der Waals surface area contributed by atoms with Gasteiger partial charge < -0.3 is 60.3 Å². The van der Waals surface area contributed by atoms with Crippen molar-refractivity contribution in [3.63, 3.8) is 0 Å². The molecule has 2 fully saturated rings. The number of carbonyl (C=O) groups excluding carboxylic acids is 6. The third kappa shape index (κ3) is 45.0. The summed E-state index contributed by atoms with van der Waals surface area (Å²) in [4.78, 5) is 91.5. The molecule has 5 aromatic carbocycles. The number of aromatic hydroxyl groups is 1. The van der Waals surface area contributed by atoms with Gasteiger partial charge in [0.1, 0.15) is 60.4 Å². The number of phenols is 1. The smallest absolute Gasteiger partial charge is 0.341 e. The average Bonchev–Trinajstić information content (AvgIpc) is 0.762. The lowest BCUT2D eigenvalue weighted by Crippen LogP contribution is -2.72. The number of ketones is 4. The van der Waals surface area contributed by atoms with E-state index in [9.17, 15) is 43.5 Å². The van der Waals surface area contributed by atoms with Crippen LogP contribution in [0, 0.1) is 17.8 Å². The molecule has 121 heavy (non-hydrogen) atoms. The van der Waals surface area contributed by atoms with Gasteiger partial charge in [-0.05, 0) is 243 Å². The quantitative estimate of drug-likeness (QED) is 0.0267. The van der Waals surface area contributed by atoms with Crippen LogP contribution in [0.5, 0.6) is 28.7 Å². The summed E-state index contributed by atoms with van der Waals surface area (Å²) in [6.45, 7) is 68.1. The zero-order valence-corrected chi connectivity index (χ0v) is 77.8. The van der Waals surface area contributed by atoms with Crippen LogP contribution in [0.3, 0.4) is 0 Å². The van der Waals surface area contributed by atoms with Gasteiger partial charge in [-0.2, -0.15) is 0 Å². The van der Waals surface area contributed by atoms with Crippen molar-refractivity contribution in [3.05, 3.63) is 147 Å². The number of hydrogen-bond acceptors (Lipinski definition) is 15. The summed E-state index contributed by atoms with van der Waals surface area (Å²) in [7, 11) is 1.50. The second kappa shape index (κ2) is 63.5. The van der Waals surface area contributed by atoms with Gasteiger partial charge in [-0.15, -0.1) is 0 Å². The summed E-state index contributed by atoms with van der Waals surface area (Å²) in [5.41, 5.74) is 23.2. The van der Waals surface area contributed by atoms with Gasteiger partial charge >= 0.3 is 11.9 Å². The number of hydrogen-bond donors (Lipinski definition) is 5. The van der Waals surface area contributed by atoms with Crippen molar-refractivity contribution in [2.45, 2.75) is 374 Å². The van der Waals surface area contributed by atoms with Crippen molar-refractivity contribution < 1.29 is 79.8 Å².